The number of hydrogen-bond donors (Lipinski definition) is 2. The standard InChI is InChI=1S/C11H13N3O/c1-7(5-12)11(15)8-2-3-9-10(4-8)14-6-13-9/h2-4,6-7H,5,12H2,1H3,(H,13,14). The lowest BCUT2D eigenvalue weighted by atomic mass is 9.99. The second-order valence-electron chi connectivity index (χ2n) is 3.64. The van der Waals surface area contributed by atoms with Crippen LogP contribution in [0.15, 0.2) is 24.5 Å². The summed E-state index contributed by atoms with van der Waals surface area (Å²) in [6.07, 6.45) is 1.62. The van der Waals surface area contributed by atoms with Crippen LogP contribution in [0.4, 0.5) is 0 Å². The van der Waals surface area contributed by atoms with E-state index in [0.717, 1.165) is 11.0 Å². The first-order chi connectivity index (χ1) is 7.22. The molecular weight excluding hydrogens is 190 g/mol. The summed E-state index contributed by atoms with van der Waals surface area (Å²) in [7, 11) is 0. The number of fused-ring (bicyclic) bond motifs is 1. The molecule has 0 saturated carbocycles. The topological polar surface area (TPSA) is 71.8 Å². The van der Waals surface area contributed by atoms with E-state index in [1.54, 1.807) is 12.4 Å². The number of nitrogens with two attached hydrogens (primary N) is 1. The lowest BCUT2D eigenvalue weighted by molar-refractivity contribution is 0.0934. The Morgan fingerprint density at radius 3 is 3.13 bits per heavy atom. The maximum absolute atomic E-state index is 11.8. The molecule has 0 fully saturated rings. The average molecular weight is 203 g/mol. The van der Waals surface area contributed by atoms with Crippen molar-refractivity contribution in [2.45, 2.75) is 6.92 Å². The summed E-state index contributed by atoms with van der Waals surface area (Å²) in [4.78, 5) is 18.9. The van der Waals surface area contributed by atoms with Crippen LogP contribution in [-0.4, -0.2) is 22.3 Å². The van der Waals surface area contributed by atoms with Crippen LogP contribution in [0.5, 0.6) is 0 Å². The number of H-pyrrole nitrogens is 1. The number of ketones is 1. The maximum Gasteiger partial charge on any atom is 0.167 e. The molecule has 4 heteroatoms. The van der Waals surface area contributed by atoms with Gasteiger partial charge in [0.2, 0.25) is 0 Å². The van der Waals surface area contributed by atoms with Crippen LogP contribution in [-0.2, 0) is 0 Å². The van der Waals surface area contributed by atoms with Crippen molar-refractivity contribution in [3.8, 4) is 0 Å². The van der Waals surface area contributed by atoms with Crippen molar-refractivity contribution in [2.75, 3.05) is 6.54 Å². The number of hydrogen-bond acceptors (Lipinski definition) is 3. The molecule has 0 spiro atoms. The Bertz CT molecular complexity index is 489. The number of nitrogens with one attached hydrogen (secondary N) is 1. The molecule has 0 saturated heterocycles. The van der Waals surface area contributed by atoms with E-state index in [9.17, 15) is 4.79 Å². The summed E-state index contributed by atoms with van der Waals surface area (Å²) in [5, 5.41) is 0. The van der Waals surface area contributed by atoms with Gasteiger partial charge in [0.1, 0.15) is 0 Å². The molecule has 2 rings (SSSR count). The first kappa shape index (κ1) is 9.86. The Morgan fingerprint density at radius 2 is 2.40 bits per heavy atom. The zero-order valence-electron chi connectivity index (χ0n) is 8.53. The number of rotatable bonds is 3. The molecule has 0 bridgehead atoms. The number of nitrogens with zero attached hydrogens (tertiary/aromatic N) is 1. The van der Waals surface area contributed by atoms with Crippen molar-refractivity contribution in [1.82, 2.24) is 9.97 Å². The van der Waals surface area contributed by atoms with Gasteiger partial charge in [0.25, 0.3) is 0 Å². The Labute approximate surface area is 87.5 Å². The summed E-state index contributed by atoms with van der Waals surface area (Å²) < 4.78 is 0. The normalized spacial score (nSPS) is 12.9. The van der Waals surface area contributed by atoms with Gasteiger partial charge in [0, 0.05) is 18.0 Å². The molecule has 0 aliphatic heterocycles. The highest BCUT2D eigenvalue weighted by atomic mass is 16.1. The number of carbonyl (C=O) groups is 1. The van der Waals surface area contributed by atoms with E-state index in [2.05, 4.69) is 9.97 Å². The molecule has 1 aromatic carbocycles. The van der Waals surface area contributed by atoms with Gasteiger partial charge in [-0.25, -0.2) is 4.98 Å². The number of benzene rings is 1. The first-order valence-electron chi connectivity index (χ1n) is 4.90. The molecule has 1 atom stereocenters. The van der Waals surface area contributed by atoms with E-state index in [4.69, 9.17) is 5.73 Å². The van der Waals surface area contributed by atoms with E-state index in [1.165, 1.54) is 0 Å². The minimum atomic E-state index is -0.134. The molecule has 1 heterocycles. The highest BCUT2D eigenvalue weighted by Crippen LogP contribution is 2.14. The number of carbonyl (C=O) groups excluding carboxylic acids is 1. The fourth-order valence-corrected chi connectivity index (χ4v) is 1.48. The molecule has 0 radical (unpaired) electrons. The Kier molecular flexibility index (Phi) is 2.51. The number of aromatic amines is 1. The molecule has 1 aromatic heterocycles. The van der Waals surface area contributed by atoms with Crippen LogP contribution < -0.4 is 5.73 Å². The van der Waals surface area contributed by atoms with Crippen LogP contribution in [0.2, 0.25) is 0 Å². The van der Waals surface area contributed by atoms with Crippen molar-refractivity contribution in [2.24, 2.45) is 11.7 Å². The van der Waals surface area contributed by atoms with E-state index in [-0.39, 0.29) is 11.7 Å². The highest BCUT2D eigenvalue weighted by Gasteiger charge is 2.13. The van der Waals surface area contributed by atoms with Gasteiger partial charge in [0.15, 0.2) is 5.78 Å². The second-order valence-corrected chi connectivity index (χ2v) is 3.64. The maximum atomic E-state index is 11.8. The monoisotopic (exact) mass is 203 g/mol. The third kappa shape index (κ3) is 1.76. The average Bonchev–Trinajstić information content (AvgIpc) is 2.73. The van der Waals surface area contributed by atoms with Crippen molar-refractivity contribution in [1.29, 1.82) is 0 Å². The van der Waals surface area contributed by atoms with Crippen molar-refractivity contribution < 1.29 is 4.79 Å². The molecular formula is C11H13N3O. The number of aromatic nitrogens is 2. The largest absolute Gasteiger partial charge is 0.345 e. The minimum Gasteiger partial charge on any atom is -0.345 e. The Balaban J connectivity index is 2.39. The van der Waals surface area contributed by atoms with E-state index >= 15 is 0 Å². The summed E-state index contributed by atoms with van der Waals surface area (Å²) >= 11 is 0. The summed E-state index contributed by atoms with van der Waals surface area (Å²) in [5.74, 6) is -0.0561. The van der Waals surface area contributed by atoms with Gasteiger partial charge in [0.05, 0.1) is 17.4 Å². The predicted molar refractivity (Wildman–Crippen MR) is 58.6 cm³/mol. The van der Waals surface area contributed by atoms with Gasteiger partial charge < -0.3 is 10.7 Å². The zero-order chi connectivity index (χ0) is 10.8. The molecule has 0 aliphatic carbocycles. The van der Waals surface area contributed by atoms with E-state index < -0.39 is 0 Å². The lowest BCUT2D eigenvalue weighted by Crippen LogP contribution is -2.20. The third-order valence-corrected chi connectivity index (χ3v) is 2.51. The molecule has 15 heavy (non-hydrogen) atoms. The summed E-state index contributed by atoms with van der Waals surface area (Å²) in [5.41, 5.74) is 7.89. The zero-order valence-corrected chi connectivity index (χ0v) is 8.53. The van der Waals surface area contributed by atoms with Gasteiger partial charge in [-0.15, -0.1) is 0 Å². The fraction of sp³-hybridized carbons (Fsp3) is 0.273. The highest BCUT2D eigenvalue weighted by molar-refractivity contribution is 6.00. The van der Waals surface area contributed by atoms with Crippen LogP contribution >= 0.6 is 0 Å². The Morgan fingerprint density at radius 1 is 1.60 bits per heavy atom. The lowest BCUT2D eigenvalue weighted by Gasteiger charge is -2.06. The van der Waals surface area contributed by atoms with Gasteiger partial charge in [-0.2, -0.15) is 0 Å². The smallest absolute Gasteiger partial charge is 0.167 e. The quantitative estimate of drug-likeness (QED) is 0.739. The summed E-state index contributed by atoms with van der Waals surface area (Å²) in [6, 6.07) is 5.44. The van der Waals surface area contributed by atoms with E-state index in [0.29, 0.717) is 12.1 Å². The van der Waals surface area contributed by atoms with Crippen LogP contribution in [0.25, 0.3) is 11.0 Å². The van der Waals surface area contributed by atoms with Crippen LogP contribution in [0, 0.1) is 5.92 Å². The third-order valence-electron chi connectivity index (χ3n) is 2.51. The molecule has 78 valence electrons. The SMILES string of the molecule is CC(CN)C(=O)c1ccc2nc[nH]c2c1. The van der Waals surface area contributed by atoms with Gasteiger partial charge >= 0.3 is 0 Å². The molecule has 1 unspecified atom stereocenters. The molecule has 2 aromatic rings. The second kappa shape index (κ2) is 3.82. The molecule has 3 N–H and O–H groups in total. The predicted octanol–water partition coefficient (Wildman–Crippen LogP) is 1.34. The van der Waals surface area contributed by atoms with Crippen molar-refractivity contribution >= 4 is 16.8 Å². The van der Waals surface area contributed by atoms with Crippen molar-refractivity contribution in [3.05, 3.63) is 30.1 Å². The molecule has 0 aliphatic rings. The van der Waals surface area contributed by atoms with Gasteiger partial charge in [-0.3, -0.25) is 4.79 Å². The van der Waals surface area contributed by atoms with E-state index in [1.807, 2.05) is 19.1 Å². The number of Topliss-reactive ketones (excluding diaryl/α,β-unsaturated/α-hetero) is 1. The van der Waals surface area contributed by atoms with Crippen LogP contribution in [0.1, 0.15) is 17.3 Å². The van der Waals surface area contributed by atoms with Gasteiger partial charge in [-0.1, -0.05) is 6.92 Å². The van der Waals surface area contributed by atoms with Gasteiger partial charge in [-0.05, 0) is 18.2 Å². The minimum absolute atomic E-state index is 0.0778. The summed E-state index contributed by atoms with van der Waals surface area (Å²) in [6.45, 7) is 2.21. The Hall–Kier alpha value is -1.68. The molecule has 4 nitrogen and oxygen atoms in total. The van der Waals surface area contributed by atoms with Crippen molar-refractivity contribution in [3.63, 3.8) is 0 Å². The fourth-order valence-electron chi connectivity index (χ4n) is 1.48. The first-order valence-corrected chi connectivity index (χ1v) is 4.90. The van der Waals surface area contributed by atoms with Crippen LogP contribution in [0.3, 0.4) is 0 Å². The molecule has 0 amide bonds. The number of imidazole rings is 1.